The molecule has 0 saturated heterocycles. The maximum Gasteiger partial charge on any atom is 0.0859 e. The van der Waals surface area contributed by atoms with E-state index < -0.39 is 0 Å². The molecule has 0 amide bonds. The van der Waals surface area contributed by atoms with Crippen LogP contribution in [0.25, 0.3) is 0 Å². The standard InChI is InChI=1S/C13H11N2/c1-11-6-5-9-13(10-11)15-14-12-7-3-2-4-8-12/h2-10H,1H2. The number of hydrogen-bond donors (Lipinski definition) is 0. The van der Waals surface area contributed by atoms with Crippen molar-refractivity contribution in [1.82, 2.24) is 0 Å². The van der Waals surface area contributed by atoms with E-state index in [2.05, 4.69) is 17.2 Å². The summed E-state index contributed by atoms with van der Waals surface area (Å²) in [6, 6.07) is 17.3. The Kier molecular flexibility index (Phi) is 2.88. The van der Waals surface area contributed by atoms with Crippen molar-refractivity contribution in [3.05, 3.63) is 67.1 Å². The fourth-order valence-electron chi connectivity index (χ4n) is 1.23. The molecule has 1 radical (unpaired) electrons. The topological polar surface area (TPSA) is 24.7 Å². The van der Waals surface area contributed by atoms with Gasteiger partial charge in [-0.3, -0.25) is 0 Å². The molecule has 0 N–H and O–H groups in total. The summed E-state index contributed by atoms with van der Waals surface area (Å²) in [6.07, 6.45) is 0. The number of benzene rings is 2. The Balaban J connectivity index is 2.19. The highest BCUT2D eigenvalue weighted by Gasteiger charge is 1.89. The van der Waals surface area contributed by atoms with Crippen LogP contribution in [-0.4, -0.2) is 0 Å². The fraction of sp³-hybridized carbons (Fsp3) is 0. The zero-order chi connectivity index (χ0) is 10.5. The first-order valence-corrected chi connectivity index (χ1v) is 4.73. The molecule has 0 aromatic heterocycles. The molecule has 0 unspecified atom stereocenters. The van der Waals surface area contributed by atoms with Crippen LogP contribution in [0, 0.1) is 6.92 Å². The predicted molar refractivity (Wildman–Crippen MR) is 61.5 cm³/mol. The molecular formula is C13H11N2. The van der Waals surface area contributed by atoms with Gasteiger partial charge in [0, 0.05) is 0 Å². The van der Waals surface area contributed by atoms with Crippen LogP contribution in [-0.2, 0) is 0 Å². The molecule has 0 saturated carbocycles. The Morgan fingerprint density at radius 1 is 0.733 bits per heavy atom. The van der Waals surface area contributed by atoms with E-state index in [1.807, 2.05) is 54.6 Å². The molecular weight excluding hydrogens is 184 g/mol. The van der Waals surface area contributed by atoms with Crippen LogP contribution < -0.4 is 0 Å². The Morgan fingerprint density at radius 2 is 1.40 bits per heavy atom. The van der Waals surface area contributed by atoms with Gasteiger partial charge in [-0.2, -0.15) is 10.2 Å². The van der Waals surface area contributed by atoms with Crippen LogP contribution in [0.4, 0.5) is 11.4 Å². The third-order valence-corrected chi connectivity index (χ3v) is 1.95. The highest BCUT2D eigenvalue weighted by Crippen LogP contribution is 2.18. The van der Waals surface area contributed by atoms with Crippen LogP contribution in [0.5, 0.6) is 0 Å². The maximum absolute atomic E-state index is 4.12. The van der Waals surface area contributed by atoms with Crippen molar-refractivity contribution in [3.8, 4) is 0 Å². The molecule has 0 atom stereocenters. The Bertz CT molecular complexity index is 461. The van der Waals surface area contributed by atoms with Gasteiger partial charge in [-0.25, -0.2) is 0 Å². The number of azo groups is 1. The Labute approximate surface area is 89.3 Å². The first-order valence-electron chi connectivity index (χ1n) is 4.73. The molecule has 73 valence electrons. The summed E-state index contributed by atoms with van der Waals surface area (Å²) in [5.41, 5.74) is 2.62. The third kappa shape index (κ3) is 2.74. The summed E-state index contributed by atoms with van der Waals surface area (Å²) >= 11 is 0. The van der Waals surface area contributed by atoms with Crippen molar-refractivity contribution in [2.24, 2.45) is 10.2 Å². The van der Waals surface area contributed by atoms with E-state index >= 15 is 0 Å². The van der Waals surface area contributed by atoms with Crippen molar-refractivity contribution in [2.45, 2.75) is 0 Å². The minimum absolute atomic E-state index is 0.825. The van der Waals surface area contributed by atoms with Crippen LogP contribution in [0.3, 0.4) is 0 Å². The highest BCUT2D eigenvalue weighted by atomic mass is 15.1. The van der Waals surface area contributed by atoms with Crippen molar-refractivity contribution in [1.29, 1.82) is 0 Å². The molecule has 0 bridgehead atoms. The number of nitrogens with zero attached hydrogens (tertiary/aromatic N) is 2. The molecule has 0 aliphatic heterocycles. The van der Waals surface area contributed by atoms with Crippen LogP contribution in [0.2, 0.25) is 0 Å². The average Bonchev–Trinajstić information content (AvgIpc) is 2.28. The first kappa shape index (κ1) is 9.59. The quantitative estimate of drug-likeness (QED) is 0.639. The zero-order valence-electron chi connectivity index (χ0n) is 8.30. The second kappa shape index (κ2) is 4.51. The van der Waals surface area contributed by atoms with E-state index in [0.717, 1.165) is 16.9 Å². The van der Waals surface area contributed by atoms with Gasteiger partial charge >= 0.3 is 0 Å². The molecule has 2 nitrogen and oxygen atoms in total. The largest absolute Gasteiger partial charge is 0.151 e. The predicted octanol–water partition coefficient (Wildman–Crippen LogP) is 4.28. The molecule has 0 aliphatic carbocycles. The molecule has 0 spiro atoms. The van der Waals surface area contributed by atoms with Gasteiger partial charge in [-0.1, -0.05) is 30.3 Å². The lowest BCUT2D eigenvalue weighted by atomic mass is 10.2. The van der Waals surface area contributed by atoms with Gasteiger partial charge in [0.15, 0.2) is 0 Å². The van der Waals surface area contributed by atoms with E-state index in [1.54, 1.807) is 0 Å². The van der Waals surface area contributed by atoms with Crippen molar-refractivity contribution < 1.29 is 0 Å². The molecule has 15 heavy (non-hydrogen) atoms. The molecule has 2 aromatic rings. The summed E-state index contributed by atoms with van der Waals surface area (Å²) in [5, 5.41) is 8.24. The van der Waals surface area contributed by atoms with Gasteiger partial charge in [-0.15, -0.1) is 0 Å². The molecule has 0 fully saturated rings. The summed E-state index contributed by atoms with van der Waals surface area (Å²) in [4.78, 5) is 0. The molecule has 2 aromatic carbocycles. The van der Waals surface area contributed by atoms with Gasteiger partial charge < -0.3 is 0 Å². The highest BCUT2D eigenvalue weighted by molar-refractivity contribution is 5.42. The van der Waals surface area contributed by atoms with Crippen molar-refractivity contribution in [3.63, 3.8) is 0 Å². The Hall–Kier alpha value is -1.96. The van der Waals surface area contributed by atoms with E-state index in [-0.39, 0.29) is 0 Å². The molecule has 0 heterocycles. The summed E-state index contributed by atoms with van der Waals surface area (Å²) in [6.45, 7) is 3.83. The average molecular weight is 195 g/mol. The van der Waals surface area contributed by atoms with Gasteiger partial charge in [0.2, 0.25) is 0 Å². The minimum Gasteiger partial charge on any atom is -0.151 e. The monoisotopic (exact) mass is 195 g/mol. The smallest absolute Gasteiger partial charge is 0.0859 e. The molecule has 2 rings (SSSR count). The lowest BCUT2D eigenvalue weighted by molar-refractivity contribution is 1.23. The first-order chi connectivity index (χ1) is 7.34. The minimum atomic E-state index is 0.825. The summed E-state index contributed by atoms with van der Waals surface area (Å²) in [7, 11) is 0. The van der Waals surface area contributed by atoms with Crippen molar-refractivity contribution in [2.75, 3.05) is 0 Å². The van der Waals surface area contributed by atoms with Crippen LogP contribution in [0.15, 0.2) is 64.8 Å². The molecule has 0 aliphatic rings. The third-order valence-electron chi connectivity index (χ3n) is 1.95. The van der Waals surface area contributed by atoms with Crippen LogP contribution >= 0.6 is 0 Å². The lowest BCUT2D eigenvalue weighted by Crippen LogP contribution is -1.68. The fourth-order valence-corrected chi connectivity index (χ4v) is 1.23. The summed E-state index contributed by atoms with van der Waals surface area (Å²) in [5.74, 6) is 0. The lowest BCUT2D eigenvalue weighted by Gasteiger charge is -1.94. The number of rotatable bonds is 2. The second-order valence-corrected chi connectivity index (χ2v) is 3.21. The van der Waals surface area contributed by atoms with Crippen molar-refractivity contribution >= 4 is 11.4 Å². The maximum atomic E-state index is 4.12. The van der Waals surface area contributed by atoms with E-state index in [1.165, 1.54) is 0 Å². The van der Waals surface area contributed by atoms with Gasteiger partial charge in [0.1, 0.15) is 0 Å². The van der Waals surface area contributed by atoms with E-state index in [0.29, 0.717) is 0 Å². The normalized spacial score (nSPS) is 10.7. The van der Waals surface area contributed by atoms with Gasteiger partial charge in [-0.05, 0) is 36.8 Å². The Morgan fingerprint density at radius 3 is 2.13 bits per heavy atom. The van der Waals surface area contributed by atoms with E-state index in [9.17, 15) is 0 Å². The van der Waals surface area contributed by atoms with E-state index in [4.69, 9.17) is 0 Å². The number of hydrogen-bond acceptors (Lipinski definition) is 2. The second-order valence-electron chi connectivity index (χ2n) is 3.21. The van der Waals surface area contributed by atoms with Gasteiger partial charge in [0.05, 0.1) is 11.4 Å². The SMILES string of the molecule is [CH2]c1cccc(N=Nc2ccccc2)c1. The van der Waals surface area contributed by atoms with Crippen LogP contribution in [0.1, 0.15) is 5.56 Å². The molecule has 2 heteroatoms. The summed E-state index contributed by atoms with van der Waals surface area (Å²) < 4.78 is 0. The zero-order valence-corrected chi connectivity index (χ0v) is 8.30. The van der Waals surface area contributed by atoms with Gasteiger partial charge in [0.25, 0.3) is 0 Å².